The zero-order chi connectivity index (χ0) is 20.3. The maximum Gasteiger partial charge on any atom is 0.251 e. The van der Waals surface area contributed by atoms with E-state index in [1.807, 2.05) is 5.38 Å². The summed E-state index contributed by atoms with van der Waals surface area (Å²) in [6.45, 7) is 7.33. The summed E-state index contributed by atoms with van der Waals surface area (Å²) in [4.78, 5) is 17.3. The van der Waals surface area contributed by atoms with Gasteiger partial charge in [0.1, 0.15) is 0 Å². The monoisotopic (exact) mass is 421 g/mol. The fourth-order valence-electron chi connectivity index (χ4n) is 3.21. The van der Waals surface area contributed by atoms with Gasteiger partial charge in [-0.3, -0.25) is 4.79 Å². The number of aryl methyl sites for hydroxylation is 1. The van der Waals surface area contributed by atoms with Crippen LogP contribution in [0.25, 0.3) is 0 Å². The first-order chi connectivity index (χ1) is 13.3. The molecule has 8 heteroatoms. The molecular weight excluding hydrogens is 394 g/mol. The van der Waals surface area contributed by atoms with Crippen molar-refractivity contribution in [3.63, 3.8) is 0 Å². The SMILES string of the molecule is Cc1ccc(C(=O)NCc2csc(C(C)C)n2)cc1S(=O)(=O)N1CCCCC1. The van der Waals surface area contributed by atoms with Crippen molar-refractivity contribution in [2.24, 2.45) is 0 Å². The molecule has 1 aromatic carbocycles. The minimum atomic E-state index is -3.58. The minimum absolute atomic E-state index is 0.220. The lowest BCUT2D eigenvalue weighted by Crippen LogP contribution is -2.36. The Balaban J connectivity index is 1.75. The Morgan fingerprint density at radius 3 is 2.61 bits per heavy atom. The highest BCUT2D eigenvalue weighted by atomic mass is 32.2. The van der Waals surface area contributed by atoms with Crippen LogP contribution >= 0.6 is 11.3 Å². The topological polar surface area (TPSA) is 79.4 Å². The minimum Gasteiger partial charge on any atom is -0.346 e. The number of hydrogen-bond donors (Lipinski definition) is 1. The van der Waals surface area contributed by atoms with Crippen molar-refractivity contribution in [3.05, 3.63) is 45.4 Å². The number of piperidine rings is 1. The molecule has 2 aromatic rings. The molecule has 28 heavy (non-hydrogen) atoms. The van der Waals surface area contributed by atoms with Crippen molar-refractivity contribution < 1.29 is 13.2 Å². The number of benzene rings is 1. The Morgan fingerprint density at radius 2 is 1.96 bits per heavy atom. The maximum atomic E-state index is 13.0. The van der Waals surface area contributed by atoms with Gasteiger partial charge in [-0.25, -0.2) is 13.4 Å². The van der Waals surface area contributed by atoms with Crippen LogP contribution in [-0.4, -0.2) is 36.7 Å². The van der Waals surface area contributed by atoms with Gasteiger partial charge in [0.15, 0.2) is 0 Å². The quantitative estimate of drug-likeness (QED) is 0.772. The first-order valence-corrected chi connectivity index (χ1v) is 11.9. The van der Waals surface area contributed by atoms with E-state index in [-0.39, 0.29) is 10.8 Å². The smallest absolute Gasteiger partial charge is 0.251 e. The predicted molar refractivity (Wildman–Crippen MR) is 111 cm³/mol. The van der Waals surface area contributed by atoms with Gasteiger partial charge in [0.05, 0.1) is 22.1 Å². The number of aromatic nitrogens is 1. The van der Waals surface area contributed by atoms with Crippen molar-refractivity contribution in [1.82, 2.24) is 14.6 Å². The molecule has 0 bridgehead atoms. The van der Waals surface area contributed by atoms with Crippen molar-refractivity contribution in [2.75, 3.05) is 13.1 Å². The molecule has 1 saturated heterocycles. The summed E-state index contributed by atoms with van der Waals surface area (Å²) >= 11 is 1.58. The summed E-state index contributed by atoms with van der Waals surface area (Å²) in [7, 11) is -3.58. The van der Waals surface area contributed by atoms with Gasteiger partial charge in [-0.1, -0.05) is 26.3 Å². The van der Waals surface area contributed by atoms with Crippen LogP contribution in [0.5, 0.6) is 0 Å². The molecule has 0 unspecified atom stereocenters. The Labute approximate surface area is 171 Å². The highest BCUT2D eigenvalue weighted by molar-refractivity contribution is 7.89. The van der Waals surface area contributed by atoms with E-state index in [1.54, 1.807) is 30.4 Å². The molecule has 1 aliphatic heterocycles. The highest BCUT2D eigenvalue weighted by Gasteiger charge is 2.28. The third-order valence-corrected chi connectivity index (χ3v) is 8.11. The third kappa shape index (κ3) is 4.61. The largest absolute Gasteiger partial charge is 0.346 e. The number of carbonyl (C=O) groups excluding carboxylic acids is 1. The molecule has 0 atom stereocenters. The lowest BCUT2D eigenvalue weighted by atomic mass is 10.1. The van der Waals surface area contributed by atoms with Gasteiger partial charge in [0.2, 0.25) is 10.0 Å². The van der Waals surface area contributed by atoms with Gasteiger partial charge >= 0.3 is 0 Å². The van der Waals surface area contributed by atoms with Crippen molar-refractivity contribution in [1.29, 1.82) is 0 Å². The third-order valence-electron chi connectivity index (χ3n) is 4.88. The van der Waals surface area contributed by atoms with E-state index in [4.69, 9.17) is 0 Å². The maximum absolute atomic E-state index is 13.0. The van der Waals surface area contributed by atoms with E-state index in [2.05, 4.69) is 24.1 Å². The molecule has 0 aliphatic carbocycles. The van der Waals surface area contributed by atoms with E-state index in [0.29, 0.717) is 36.7 Å². The van der Waals surface area contributed by atoms with E-state index in [9.17, 15) is 13.2 Å². The molecule has 2 heterocycles. The first kappa shape index (κ1) is 21.0. The van der Waals surface area contributed by atoms with Crippen molar-refractivity contribution >= 4 is 27.3 Å². The van der Waals surface area contributed by atoms with Crippen LogP contribution in [0.1, 0.15) is 65.7 Å². The molecule has 1 fully saturated rings. The van der Waals surface area contributed by atoms with Gasteiger partial charge in [-0.15, -0.1) is 11.3 Å². The molecule has 0 radical (unpaired) electrons. The van der Waals surface area contributed by atoms with Crippen LogP contribution < -0.4 is 5.32 Å². The van der Waals surface area contributed by atoms with Crippen LogP contribution in [0, 0.1) is 6.92 Å². The molecule has 152 valence electrons. The van der Waals surface area contributed by atoms with E-state index >= 15 is 0 Å². The first-order valence-electron chi connectivity index (χ1n) is 9.62. The number of sulfonamides is 1. The lowest BCUT2D eigenvalue weighted by Gasteiger charge is -2.26. The number of nitrogens with zero attached hydrogens (tertiary/aromatic N) is 2. The predicted octanol–water partition coefficient (Wildman–Crippen LogP) is 3.68. The van der Waals surface area contributed by atoms with Gasteiger partial charge in [0.25, 0.3) is 5.91 Å². The van der Waals surface area contributed by atoms with Gasteiger partial charge in [-0.2, -0.15) is 4.31 Å². The second-order valence-corrected chi connectivity index (χ2v) is 10.3. The second kappa shape index (κ2) is 8.71. The highest BCUT2D eigenvalue weighted by Crippen LogP contribution is 2.24. The van der Waals surface area contributed by atoms with Crippen molar-refractivity contribution in [2.45, 2.75) is 57.4 Å². The number of rotatable bonds is 6. The average Bonchev–Trinajstić information content (AvgIpc) is 3.16. The Bertz CT molecular complexity index is 945. The summed E-state index contributed by atoms with van der Waals surface area (Å²) in [5.74, 6) is 0.0586. The van der Waals surface area contributed by atoms with Crippen LogP contribution in [0.3, 0.4) is 0 Å². The molecule has 1 aromatic heterocycles. The fraction of sp³-hybridized carbons (Fsp3) is 0.500. The summed E-state index contributed by atoms with van der Waals surface area (Å²) in [6, 6.07) is 4.86. The van der Waals surface area contributed by atoms with Crippen LogP contribution in [-0.2, 0) is 16.6 Å². The van der Waals surface area contributed by atoms with Crippen molar-refractivity contribution in [3.8, 4) is 0 Å². The van der Waals surface area contributed by atoms with E-state index in [0.717, 1.165) is 30.0 Å². The summed E-state index contributed by atoms with van der Waals surface area (Å²) in [5.41, 5.74) is 1.82. The number of carbonyl (C=O) groups is 1. The molecular formula is C20H27N3O3S2. The fourth-order valence-corrected chi connectivity index (χ4v) is 5.81. The summed E-state index contributed by atoms with van der Waals surface area (Å²) in [5, 5.41) is 5.82. The molecule has 1 aliphatic rings. The molecule has 0 saturated carbocycles. The lowest BCUT2D eigenvalue weighted by molar-refractivity contribution is 0.0950. The Morgan fingerprint density at radius 1 is 1.25 bits per heavy atom. The molecule has 3 rings (SSSR count). The van der Waals surface area contributed by atoms with E-state index < -0.39 is 10.0 Å². The number of hydrogen-bond acceptors (Lipinski definition) is 5. The second-order valence-electron chi connectivity index (χ2n) is 7.46. The standard InChI is InChI=1S/C20H27N3O3S2/c1-14(2)20-22-17(13-27-20)12-21-19(24)16-8-7-15(3)18(11-16)28(25,26)23-9-5-4-6-10-23/h7-8,11,13-14H,4-6,9-10,12H2,1-3H3,(H,21,24). The number of amides is 1. The van der Waals surface area contributed by atoms with Crippen LogP contribution in [0.15, 0.2) is 28.5 Å². The van der Waals surface area contributed by atoms with Gasteiger partial charge < -0.3 is 5.32 Å². The van der Waals surface area contributed by atoms with Crippen LogP contribution in [0.2, 0.25) is 0 Å². The van der Waals surface area contributed by atoms with E-state index in [1.165, 1.54) is 10.4 Å². The van der Waals surface area contributed by atoms with Gasteiger partial charge in [0, 0.05) is 30.0 Å². The van der Waals surface area contributed by atoms with Crippen LogP contribution in [0.4, 0.5) is 0 Å². The molecule has 1 amide bonds. The molecule has 1 N–H and O–H groups in total. The summed E-state index contributed by atoms with van der Waals surface area (Å²) < 4.78 is 27.6. The zero-order valence-electron chi connectivity index (χ0n) is 16.6. The Hall–Kier alpha value is -1.77. The number of nitrogens with one attached hydrogen (secondary N) is 1. The Kier molecular flexibility index (Phi) is 6.52. The zero-order valence-corrected chi connectivity index (χ0v) is 18.2. The van der Waals surface area contributed by atoms with Gasteiger partial charge in [-0.05, 0) is 37.5 Å². The average molecular weight is 422 g/mol. The molecule has 6 nitrogen and oxygen atoms in total. The summed E-state index contributed by atoms with van der Waals surface area (Å²) in [6.07, 6.45) is 2.82. The molecule has 0 spiro atoms. The number of thiazole rings is 1. The normalized spacial score (nSPS) is 15.7.